The molecular weight excluding hydrogens is 220 g/mol. The number of aliphatic hydroxyl groups is 5. The second-order valence-electron chi connectivity index (χ2n) is 4.20. The van der Waals surface area contributed by atoms with E-state index in [9.17, 15) is 25.5 Å². The average Bonchev–Trinajstić information content (AvgIpc) is 3.14. The molecule has 94 valence electrons. The minimum atomic E-state index is -1.64. The van der Waals surface area contributed by atoms with E-state index in [2.05, 4.69) is 0 Å². The van der Waals surface area contributed by atoms with Crippen LogP contribution >= 0.6 is 0 Å². The van der Waals surface area contributed by atoms with E-state index in [1.54, 1.807) is 0 Å². The number of hydrogen-bond acceptors (Lipinski definition) is 7. The average molecular weight is 236 g/mol. The lowest BCUT2D eigenvalue weighted by Gasteiger charge is -2.27. The third-order valence-electron chi connectivity index (χ3n) is 2.88. The quantitative estimate of drug-likeness (QED) is 0.304. The van der Waals surface area contributed by atoms with Gasteiger partial charge in [0, 0.05) is 0 Å². The van der Waals surface area contributed by atoms with Crippen molar-refractivity contribution < 1.29 is 35.0 Å². The minimum Gasteiger partial charge on any atom is -0.388 e. The van der Waals surface area contributed by atoms with Crippen molar-refractivity contribution in [3.63, 3.8) is 0 Å². The molecule has 0 amide bonds. The molecular formula is C9H16O7. The molecule has 0 aromatic carbocycles. The Kier molecular flexibility index (Phi) is 3.45. The number of rotatable bonds is 6. The van der Waals surface area contributed by atoms with Gasteiger partial charge in [-0.15, -0.1) is 0 Å². The highest BCUT2D eigenvalue weighted by Crippen LogP contribution is 2.23. The fourth-order valence-electron chi connectivity index (χ4n) is 1.55. The maximum atomic E-state index is 9.55. The molecule has 0 saturated carbocycles. The first-order chi connectivity index (χ1) is 7.52. The summed E-state index contributed by atoms with van der Waals surface area (Å²) in [6, 6.07) is 0. The number of aliphatic hydroxyl groups excluding tert-OH is 5. The Morgan fingerprint density at radius 3 is 1.25 bits per heavy atom. The first kappa shape index (κ1) is 12.2. The summed E-state index contributed by atoms with van der Waals surface area (Å²) in [5.41, 5.74) is 0. The smallest absolute Gasteiger partial charge is 0.111 e. The van der Waals surface area contributed by atoms with Crippen LogP contribution in [-0.2, 0) is 9.47 Å². The van der Waals surface area contributed by atoms with E-state index in [1.807, 2.05) is 0 Å². The van der Waals surface area contributed by atoms with Crippen LogP contribution < -0.4 is 0 Å². The molecule has 0 aliphatic carbocycles. The zero-order valence-corrected chi connectivity index (χ0v) is 8.51. The summed E-state index contributed by atoms with van der Waals surface area (Å²) in [6.45, 7) is 0.630. The Hall–Kier alpha value is -0.280. The van der Waals surface area contributed by atoms with Crippen LogP contribution in [0.3, 0.4) is 0 Å². The van der Waals surface area contributed by atoms with E-state index in [4.69, 9.17) is 9.47 Å². The van der Waals surface area contributed by atoms with E-state index in [-0.39, 0.29) is 0 Å². The minimum absolute atomic E-state index is 0.315. The number of epoxide rings is 2. The molecule has 2 aliphatic rings. The summed E-state index contributed by atoms with van der Waals surface area (Å²) in [5, 5.41) is 47.5. The van der Waals surface area contributed by atoms with Crippen molar-refractivity contribution in [2.24, 2.45) is 0 Å². The van der Waals surface area contributed by atoms with Crippen LogP contribution in [0, 0.1) is 0 Å². The summed E-state index contributed by atoms with van der Waals surface area (Å²) in [4.78, 5) is 0. The Balaban J connectivity index is 1.86. The first-order valence-electron chi connectivity index (χ1n) is 5.16. The third-order valence-corrected chi connectivity index (χ3v) is 2.88. The second kappa shape index (κ2) is 4.53. The molecule has 5 N–H and O–H groups in total. The normalized spacial score (nSPS) is 37.3. The molecule has 2 rings (SSSR count). The van der Waals surface area contributed by atoms with Gasteiger partial charge in [0.05, 0.1) is 13.2 Å². The fraction of sp³-hybridized carbons (Fsp3) is 1.00. The number of hydrogen-bond donors (Lipinski definition) is 5. The van der Waals surface area contributed by atoms with Crippen molar-refractivity contribution in [1.82, 2.24) is 0 Å². The molecule has 2 heterocycles. The van der Waals surface area contributed by atoms with Crippen LogP contribution in [0.5, 0.6) is 0 Å². The van der Waals surface area contributed by atoms with Gasteiger partial charge in [-0.05, 0) is 0 Å². The lowest BCUT2D eigenvalue weighted by molar-refractivity contribution is -0.140. The summed E-state index contributed by atoms with van der Waals surface area (Å²) in [5.74, 6) is 0. The van der Waals surface area contributed by atoms with Crippen LogP contribution in [0.25, 0.3) is 0 Å². The van der Waals surface area contributed by atoms with Crippen LogP contribution in [0.2, 0.25) is 0 Å². The van der Waals surface area contributed by atoms with Gasteiger partial charge in [0.15, 0.2) is 0 Å². The van der Waals surface area contributed by atoms with Gasteiger partial charge in [-0.25, -0.2) is 0 Å². The van der Waals surface area contributed by atoms with E-state index < -0.39 is 42.7 Å². The highest BCUT2D eigenvalue weighted by Gasteiger charge is 2.45. The Morgan fingerprint density at radius 2 is 1.00 bits per heavy atom. The highest BCUT2D eigenvalue weighted by atomic mass is 16.6. The van der Waals surface area contributed by atoms with Crippen LogP contribution in [0.15, 0.2) is 0 Å². The Bertz CT molecular complexity index is 216. The van der Waals surface area contributed by atoms with Gasteiger partial charge in [0.25, 0.3) is 0 Å². The SMILES string of the molecule is OC(C1CO1)C(O)C(O)C(O)C(O)C1CO1. The molecule has 0 spiro atoms. The van der Waals surface area contributed by atoms with Gasteiger partial charge < -0.3 is 35.0 Å². The molecule has 7 heteroatoms. The molecule has 2 saturated heterocycles. The van der Waals surface area contributed by atoms with Gasteiger partial charge in [0.1, 0.15) is 42.7 Å². The second-order valence-corrected chi connectivity index (χ2v) is 4.20. The van der Waals surface area contributed by atoms with E-state index in [0.29, 0.717) is 13.2 Å². The van der Waals surface area contributed by atoms with Crippen LogP contribution in [0.4, 0.5) is 0 Å². The lowest BCUT2D eigenvalue weighted by Crippen LogP contribution is -2.51. The van der Waals surface area contributed by atoms with E-state index in [0.717, 1.165) is 0 Å². The lowest BCUT2D eigenvalue weighted by atomic mass is 9.96. The van der Waals surface area contributed by atoms with Crippen molar-refractivity contribution in [3.05, 3.63) is 0 Å². The van der Waals surface area contributed by atoms with Gasteiger partial charge in [-0.2, -0.15) is 0 Å². The Labute approximate surface area is 91.8 Å². The van der Waals surface area contributed by atoms with Crippen molar-refractivity contribution in [2.45, 2.75) is 42.7 Å². The maximum absolute atomic E-state index is 9.55. The zero-order chi connectivity index (χ0) is 11.9. The highest BCUT2D eigenvalue weighted by molar-refractivity contribution is 4.94. The maximum Gasteiger partial charge on any atom is 0.111 e. The van der Waals surface area contributed by atoms with Gasteiger partial charge in [-0.1, -0.05) is 0 Å². The van der Waals surface area contributed by atoms with Gasteiger partial charge in [0.2, 0.25) is 0 Å². The van der Waals surface area contributed by atoms with Gasteiger partial charge in [-0.3, -0.25) is 0 Å². The molecule has 2 aliphatic heterocycles. The first-order valence-corrected chi connectivity index (χ1v) is 5.16. The van der Waals surface area contributed by atoms with E-state index >= 15 is 0 Å². The largest absolute Gasteiger partial charge is 0.388 e. The standard InChI is InChI=1S/C9H16O7/c10-5(3-1-15-3)7(12)9(14)8(13)6(11)4-2-16-4/h3-14H,1-2H2. The summed E-state index contributed by atoms with van der Waals surface area (Å²) in [7, 11) is 0. The van der Waals surface area contributed by atoms with Crippen LogP contribution in [0.1, 0.15) is 0 Å². The van der Waals surface area contributed by atoms with Crippen molar-refractivity contribution in [1.29, 1.82) is 0 Å². The molecule has 0 radical (unpaired) electrons. The molecule has 0 aromatic rings. The molecule has 16 heavy (non-hydrogen) atoms. The molecule has 6 atom stereocenters. The van der Waals surface area contributed by atoms with Crippen molar-refractivity contribution >= 4 is 0 Å². The molecule has 7 nitrogen and oxygen atoms in total. The predicted molar refractivity (Wildman–Crippen MR) is 49.5 cm³/mol. The third kappa shape index (κ3) is 2.51. The predicted octanol–water partition coefficient (Wildman–Crippen LogP) is -3.41. The summed E-state index contributed by atoms with van der Waals surface area (Å²) in [6.07, 6.45) is -8.31. The zero-order valence-electron chi connectivity index (χ0n) is 8.51. The molecule has 0 bridgehead atoms. The monoisotopic (exact) mass is 236 g/mol. The fourth-order valence-corrected chi connectivity index (χ4v) is 1.55. The van der Waals surface area contributed by atoms with Crippen molar-refractivity contribution in [3.8, 4) is 0 Å². The topological polar surface area (TPSA) is 126 Å². The number of ether oxygens (including phenoxy) is 2. The van der Waals surface area contributed by atoms with Crippen molar-refractivity contribution in [2.75, 3.05) is 13.2 Å². The molecule has 6 unspecified atom stereocenters. The Morgan fingerprint density at radius 1 is 0.688 bits per heavy atom. The summed E-state index contributed by atoms with van der Waals surface area (Å²) >= 11 is 0. The van der Waals surface area contributed by atoms with Gasteiger partial charge >= 0.3 is 0 Å². The van der Waals surface area contributed by atoms with Crippen LogP contribution in [-0.4, -0.2) is 81.5 Å². The summed E-state index contributed by atoms with van der Waals surface area (Å²) < 4.78 is 9.50. The molecule has 2 fully saturated rings. The van der Waals surface area contributed by atoms with E-state index in [1.165, 1.54) is 0 Å². The molecule has 0 aromatic heterocycles.